The highest BCUT2D eigenvalue weighted by atomic mass is 19.1. The van der Waals surface area contributed by atoms with Crippen LogP contribution in [0.15, 0.2) is 24.3 Å². The van der Waals surface area contributed by atoms with Gasteiger partial charge in [-0.3, -0.25) is 0 Å². The summed E-state index contributed by atoms with van der Waals surface area (Å²) in [5.74, 6) is -0.261. The number of halogens is 1. The third-order valence-corrected chi connectivity index (χ3v) is 3.68. The first-order valence-corrected chi connectivity index (χ1v) is 7.28. The van der Waals surface area contributed by atoms with Gasteiger partial charge in [0.25, 0.3) is 0 Å². The van der Waals surface area contributed by atoms with E-state index in [1.807, 2.05) is 26.8 Å². The molecule has 1 aromatic carbocycles. The van der Waals surface area contributed by atoms with Crippen LogP contribution < -0.4 is 5.73 Å². The molecular weight excluding hydrogens is 257 g/mol. The second-order valence-corrected chi connectivity index (χ2v) is 5.79. The summed E-state index contributed by atoms with van der Waals surface area (Å²) in [6, 6.07) is 6.42. The maximum absolute atomic E-state index is 13.9. The maximum Gasteiger partial charge on any atom is 0.129 e. The predicted molar refractivity (Wildman–Crippen MR) is 76.9 cm³/mol. The van der Waals surface area contributed by atoms with Gasteiger partial charge in [0.15, 0.2) is 0 Å². The summed E-state index contributed by atoms with van der Waals surface area (Å²) in [5, 5.41) is 0. The maximum atomic E-state index is 13.9. The van der Waals surface area contributed by atoms with Crippen LogP contribution in [0, 0.1) is 5.82 Å². The summed E-state index contributed by atoms with van der Waals surface area (Å²) < 4.78 is 25.8. The Balaban J connectivity index is 2.12. The Morgan fingerprint density at radius 1 is 1.25 bits per heavy atom. The van der Waals surface area contributed by atoms with Crippen LogP contribution in [-0.2, 0) is 9.47 Å². The summed E-state index contributed by atoms with van der Waals surface area (Å²) in [4.78, 5) is 0. The molecule has 0 bridgehead atoms. The van der Waals surface area contributed by atoms with Gasteiger partial charge < -0.3 is 15.2 Å². The zero-order valence-corrected chi connectivity index (χ0v) is 12.4. The smallest absolute Gasteiger partial charge is 0.129 e. The van der Waals surface area contributed by atoms with Crippen molar-refractivity contribution in [2.75, 3.05) is 0 Å². The van der Waals surface area contributed by atoms with E-state index in [1.165, 1.54) is 6.07 Å². The van der Waals surface area contributed by atoms with Gasteiger partial charge in [0.2, 0.25) is 0 Å². The molecule has 0 saturated carbocycles. The molecule has 112 valence electrons. The van der Waals surface area contributed by atoms with Crippen molar-refractivity contribution in [3.63, 3.8) is 0 Å². The highest BCUT2D eigenvalue weighted by Gasteiger charge is 2.30. The van der Waals surface area contributed by atoms with Gasteiger partial charge in [-0.1, -0.05) is 18.2 Å². The molecule has 1 heterocycles. The van der Waals surface area contributed by atoms with Crippen molar-refractivity contribution in [3.05, 3.63) is 35.6 Å². The monoisotopic (exact) mass is 281 g/mol. The van der Waals surface area contributed by atoms with Crippen LogP contribution >= 0.6 is 0 Å². The van der Waals surface area contributed by atoms with Gasteiger partial charge >= 0.3 is 0 Å². The number of ether oxygens (including phenoxy) is 2. The number of hydrogen-bond donors (Lipinski definition) is 1. The zero-order valence-electron chi connectivity index (χ0n) is 12.4. The SMILES string of the molecule is CC1CC(OC(c2ccccc2F)C(C)N)CC(C)O1. The molecule has 1 fully saturated rings. The second-order valence-electron chi connectivity index (χ2n) is 5.79. The van der Waals surface area contributed by atoms with E-state index in [-0.39, 0.29) is 30.2 Å². The molecule has 4 unspecified atom stereocenters. The normalized spacial score (nSPS) is 29.9. The third-order valence-electron chi connectivity index (χ3n) is 3.68. The lowest BCUT2D eigenvalue weighted by atomic mass is 9.99. The Hall–Kier alpha value is -0.970. The Labute approximate surface area is 120 Å². The zero-order chi connectivity index (χ0) is 14.7. The van der Waals surface area contributed by atoms with E-state index >= 15 is 0 Å². The van der Waals surface area contributed by atoms with Crippen molar-refractivity contribution in [1.29, 1.82) is 0 Å². The molecule has 4 atom stereocenters. The number of nitrogens with two attached hydrogens (primary N) is 1. The minimum absolute atomic E-state index is 0.0596. The number of hydrogen-bond acceptors (Lipinski definition) is 3. The molecule has 0 amide bonds. The summed E-state index contributed by atoms with van der Waals surface area (Å²) in [7, 11) is 0. The molecule has 1 aliphatic heterocycles. The van der Waals surface area contributed by atoms with E-state index in [4.69, 9.17) is 15.2 Å². The molecule has 20 heavy (non-hydrogen) atoms. The molecule has 0 aromatic heterocycles. The Kier molecular flexibility index (Phi) is 5.13. The van der Waals surface area contributed by atoms with Crippen molar-refractivity contribution in [3.8, 4) is 0 Å². The molecule has 4 heteroatoms. The predicted octanol–water partition coefficient (Wildman–Crippen LogP) is 3.19. The van der Waals surface area contributed by atoms with Crippen LogP contribution in [0.2, 0.25) is 0 Å². The summed E-state index contributed by atoms with van der Waals surface area (Å²) in [5.41, 5.74) is 6.54. The Morgan fingerprint density at radius 2 is 1.85 bits per heavy atom. The summed E-state index contributed by atoms with van der Waals surface area (Å²) >= 11 is 0. The lowest BCUT2D eigenvalue weighted by molar-refractivity contribution is -0.126. The molecular formula is C16H24FNO2. The number of benzene rings is 1. The lowest BCUT2D eigenvalue weighted by Crippen LogP contribution is -2.38. The standard InChI is InChI=1S/C16H24FNO2/c1-10-8-13(9-11(2)19-10)20-16(12(3)18)14-6-4-5-7-15(14)17/h4-7,10-13,16H,8-9,18H2,1-3H3. The van der Waals surface area contributed by atoms with Crippen molar-refractivity contribution >= 4 is 0 Å². The Bertz CT molecular complexity index is 428. The van der Waals surface area contributed by atoms with Crippen molar-refractivity contribution < 1.29 is 13.9 Å². The van der Waals surface area contributed by atoms with Crippen LogP contribution in [0.25, 0.3) is 0 Å². The van der Waals surface area contributed by atoms with Gasteiger partial charge in [0.05, 0.1) is 18.3 Å². The summed E-state index contributed by atoms with van der Waals surface area (Å²) in [6.45, 7) is 5.93. The first-order chi connectivity index (χ1) is 9.47. The van der Waals surface area contributed by atoms with Crippen molar-refractivity contribution in [2.45, 2.75) is 64.1 Å². The highest BCUT2D eigenvalue weighted by Crippen LogP contribution is 2.30. The van der Waals surface area contributed by atoms with Gasteiger partial charge in [0, 0.05) is 11.6 Å². The van der Waals surface area contributed by atoms with E-state index in [9.17, 15) is 4.39 Å². The van der Waals surface area contributed by atoms with Gasteiger partial charge in [-0.25, -0.2) is 4.39 Å². The van der Waals surface area contributed by atoms with Crippen LogP contribution in [-0.4, -0.2) is 24.4 Å². The fraction of sp³-hybridized carbons (Fsp3) is 0.625. The van der Waals surface area contributed by atoms with Crippen LogP contribution in [0.5, 0.6) is 0 Å². The fourth-order valence-electron chi connectivity index (χ4n) is 2.85. The van der Waals surface area contributed by atoms with E-state index in [1.54, 1.807) is 12.1 Å². The molecule has 1 aromatic rings. The van der Waals surface area contributed by atoms with Gasteiger partial charge in [-0.2, -0.15) is 0 Å². The highest BCUT2D eigenvalue weighted by molar-refractivity contribution is 5.21. The molecule has 2 N–H and O–H groups in total. The molecule has 2 rings (SSSR count). The van der Waals surface area contributed by atoms with Crippen LogP contribution in [0.1, 0.15) is 45.3 Å². The lowest BCUT2D eigenvalue weighted by Gasteiger charge is -2.35. The van der Waals surface area contributed by atoms with E-state index < -0.39 is 6.10 Å². The average molecular weight is 281 g/mol. The molecule has 0 aliphatic carbocycles. The van der Waals surface area contributed by atoms with Gasteiger partial charge in [-0.15, -0.1) is 0 Å². The quantitative estimate of drug-likeness (QED) is 0.922. The van der Waals surface area contributed by atoms with Gasteiger partial charge in [0.1, 0.15) is 11.9 Å². The molecule has 1 saturated heterocycles. The largest absolute Gasteiger partial charge is 0.375 e. The molecule has 3 nitrogen and oxygen atoms in total. The topological polar surface area (TPSA) is 44.5 Å². The van der Waals surface area contributed by atoms with Crippen molar-refractivity contribution in [1.82, 2.24) is 0 Å². The van der Waals surface area contributed by atoms with E-state index in [0.29, 0.717) is 5.56 Å². The summed E-state index contributed by atoms with van der Waals surface area (Å²) in [6.07, 6.45) is 1.61. The Morgan fingerprint density at radius 3 is 2.40 bits per heavy atom. The first kappa shape index (κ1) is 15.4. The van der Waals surface area contributed by atoms with Gasteiger partial charge in [-0.05, 0) is 39.7 Å². The molecule has 1 aliphatic rings. The van der Waals surface area contributed by atoms with E-state index in [0.717, 1.165) is 12.8 Å². The minimum Gasteiger partial charge on any atom is -0.375 e. The molecule has 0 spiro atoms. The number of rotatable bonds is 4. The minimum atomic E-state index is -0.418. The van der Waals surface area contributed by atoms with Crippen LogP contribution in [0.3, 0.4) is 0 Å². The van der Waals surface area contributed by atoms with Crippen molar-refractivity contribution in [2.24, 2.45) is 5.73 Å². The first-order valence-electron chi connectivity index (χ1n) is 7.28. The second kappa shape index (κ2) is 6.66. The molecule has 0 radical (unpaired) electrons. The fourth-order valence-corrected chi connectivity index (χ4v) is 2.85. The third kappa shape index (κ3) is 3.78. The van der Waals surface area contributed by atoms with E-state index in [2.05, 4.69) is 0 Å². The van der Waals surface area contributed by atoms with Crippen LogP contribution in [0.4, 0.5) is 4.39 Å². The average Bonchev–Trinajstić information content (AvgIpc) is 2.35.